The molecular weight excluding hydrogens is 432 g/mol. The van der Waals surface area contributed by atoms with Crippen LogP contribution in [-0.4, -0.2) is 35.7 Å². The van der Waals surface area contributed by atoms with Gasteiger partial charge in [-0.25, -0.2) is 0 Å². The first kappa shape index (κ1) is 25.1. The fourth-order valence-corrected chi connectivity index (χ4v) is 8.12. The number of hydrogen-bond donors (Lipinski definition) is 0. The number of allylic oxidation sites excluding steroid dienone is 2. The summed E-state index contributed by atoms with van der Waals surface area (Å²) in [6.45, 7) is 9.53. The van der Waals surface area contributed by atoms with E-state index in [9.17, 15) is 19.2 Å². The van der Waals surface area contributed by atoms with E-state index in [4.69, 9.17) is 9.47 Å². The van der Waals surface area contributed by atoms with E-state index < -0.39 is 17.0 Å². The Kier molecular flexibility index (Phi) is 6.58. The highest BCUT2D eigenvalue weighted by Gasteiger charge is 2.70. The molecule has 4 aliphatic rings. The number of carbonyl (C=O) groups is 4. The van der Waals surface area contributed by atoms with Gasteiger partial charge in [-0.3, -0.25) is 19.2 Å². The summed E-state index contributed by atoms with van der Waals surface area (Å²) in [7, 11) is 0. The summed E-state index contributed by atoms with van der Waals surface area (Å²) in [4.78, 5) is 50.4. The molecule has 0 amide bonds. The minimum atomic E-state index is -1.30. The van der Waals surface area contributed by atoms with Gasteiger partial charge >= 0.3 is 11.9 Å². The van der Waals surface area contributed by atoms with Crippen molar-refractivity contribution in [3.05, 3.63) is 11.6 Å². The largest absolute Gasteiger partial charge is 0.457 e. The molecule has 6 nitrogen and oxygen atoms in total. The van der Waals surface area contributed by atoms with Gasteiger partial charge in [0.05, 0.1) is 0 Å². The van der Waals surface area contributed by atoms with Crippen molar-refractivity contribution in [3.8, 4) is 0 Å². The third-order valence-corrected chi connectivity index (χ3v) is 10.0. The molecule has 4 aliphatic carbocycles. The number of ether oxygens (including phenoxy) is 2. The predicted octanol–water partition coefficient (Wildman–Crippen LogP) is 4.98. The van der Waals surface area contributed by atoms with Gasteiger partial charge < -0.3 is 9.47 Å². The van der Waals surface area contributed by atoms with E-state index in [1.165, 1.54) is 5.57 Å². The molecule has 0 N–H and O–H groups in total. The van der Waals surface area contributed by atoms with Gasteiger partial charge in [0.15, 0.2) is 12.2 Å². The highest BCUT2D eigenvalue weighted by atomic mass is 16.6. The smallest absolute Gasteiger partial charge is 0.306 e. The van der Waals surface area contributed by atoms with Crippen LogP contribution in [0.4, 0.5) is 0 Å². The molecule has 34 heavy (non-hydrogen) atoms. The van der Waals surface area contributed by atoms with Gasteiger partial charge in [-0.15, -0.1) is 0 Å². The van der Waals surface area contributed by atoms with Crippen LogP contribution in [0.5, 0.6) is 0 Å². The van der Waals surface area contributed by atoms with Crippen molar-refractivity contribution < 1.29 is 28.7 Å². The van der Waals surface area contributed by atoms with Crippen molar-refractivity contribution in [1.29, 1.82) is 0 Å². The lowest BCUT2D eigenvalue weighted by Crippen LogP contribution is -2.60. The van der Waals surface area contributed by atoms with Crippen LogP contribution in [0.2, 0.25) is 0 Å². The maximum absolute atomic E-state index is 13.8. The molecule has 0 radical (unpaired) electrons. The second-order valence-corrected chi connectivity index (χ2v) is 11.6. The fraction of sp³-hybridized carbons (Fsp3) is 0.786. The Morgan fingerprint density at radius 1 is 1.09 bits per heavy atom. The molecule has 7 atom stereocenters. The molecule has 0 aromatic heterocycles. The quantitative estimate of drug-likeness (QED) is 0.400. The lowest BCUT2D eigenvalue weighted by molar-refractivity contribution is -0.192. The van der Waals surface area contributed by atoms with E-state index in [1.807, 2.05) is 6.92 Å². The number of fused-ring (bicyclic) bond motifs is 5. The van der Waals surface area contributed by atoms with Crippen LogP contribution in [0.3, 0.4) is 0 Å². The molecule has 0 unspecified atom stereocenters. The van der Waals surface area contributed by atoms with E-state index in [2.05, 4.69) is 19.9 Å². The Hall–Kier alpha value is -1.98. The van der Waals surface area contributed by atoms with Gasteiger partial charge in [-0.2, -0.15) is 0 Å². The van der Waals surface area contributed by atoms with Crippen LogP contribution >= 0.6 is 0 Å². The molecular formula is C28H40O6. The summed E-state index contributed by atoms with van der Waals surface area (Å²) in [6, 6.07) is 0. The van der Waals surface area contributed by atoms with Crippen molar-refractivity contribution in [3.63, 3.8) is 0 Å². The molecule has 0 heterocycles. The van der Waals surface area contributed by atoms with Crippen molar-refractivity contribution in [2.75, 3.05) is 6.61 Å². The Morgan fingerprint density at radius 2 is 1.79 bits per heavy atom. The van der Waals surface area contributed by atoms with Crippen LogP contribution in [0.1, 0.15) is 92.4 Å². The van der Waals surface area contributed by atoms with Crippen LogP contribution < -0.4 is 0 Å². The Bertz CT molecular complexity index is 920. The molecule has 3 fully saturated rings. The number of Topliss-reactive ketones (excluding diaryl/α,β-unsaturated/α-hetero) is 2. The second-order valence-electron chi connectivity index (χ2n) is 11.6. The molecule has 0 aromatic rings. The molecule has 6 heteroatoms. The van der Waals surface area contributed by atoms with Crippen molar-refractivity contribution >= 4 is 23.5 Å². The second kappa shape index (κ2) is 8.91. The molecule has 4 rings (SSSR count). The summed E-state index contributed by atoms with van der Waals surface area (Å²) in [5, 5.41) is 0. The average molecular weight is 473 g/mol. The van der Waals surface area contributed by atoms with E-state index in [0.717, 1.165) is 25.7 Å². The van der Waals surface area contributed by atoms with Crippen LogP contribution in [0, 0.1) is 34.5 Å². The summed E-state index contributed by atoms with van der Waals surface area (Å²) in [5.41, 5.74) is -0.364. The lowest BCUT2D eigenvalue weighted by Gasteiger charge is -2.57. The van der Waals surface area contributed by atoms with Gasteiger partial charge in [0, 0.05) is 37.0 Å². The zero-order chi connectivity index (χ0) is 24.9. The summed E-state index contributed by atoms with van der Waals surface area (Å²) in [5.74, 6) is 0.0242. The van der Waals surface area contributed by atoms with Crippen molar-refractivity contribution in [2.24, 2.45) is 34.5 Å². The highest BCUT2D eigenvalue weighted by Crippen LogP contribution is 2.68. The first-order chi connectivity index (χ1) is 16.0. The molecule has 0 aromatic carbocycles. The number of esters is 2. The molecule has 0 aliphatic heterocycles. The zero-order valence-electron chi connectivity index (χ0n) is 21.4. The molecule has 0 bridgehead atoms. The van der Waals surface area contributed by atoms with Crippen molar-refractivity contribution in [1.82, 2.24) is 0 Å². The molecule has 0 spiro atoms. The number of carbonyl (C=O) groups excluding carboxylic acids is 4. The third kappa shape index (κ3) is 3.58. The van der Waals surface area contributed by atoms with Gasteiger partial charge in [-0.1, -0.05) is 46.3 Å². The Morgan fingerprint density at radius 3 is 2.47 bits per heavy atom. The van der Waals surface area contributed by atoms with Gasteiger partial charge in [0.1, 0.15) is 5.78 Å². The summed E-state index contributed by atoms with van der Waals surface area (Å²) >= 11 is 0. The maximum atomic E-state index is 13.8. The SMILES string of the molecule is CCC(=O)OCC(=O)[C@@]1(OC(=O)CC)[C@H](C)C[C@H]2[C@@H]3CC[C@H]4CC(=O)CC[C@]4(C)C3=CC[C@@]21C. The first-order valence-corrected chi connectivity index (χ1v) is 13.2. The zero-order valence-corrected chi connectivity index (χ0v) is 21.4. The van der Waals surface area contributed by atoms with Gasteiger partial charge in [-0.05, 0) is 55.3 Å². The van der Waals surface area contributed by atoms with Gasteiger partial charge in [0.2, 0.25) is 5.78 Å². The number of hydrogen-bond acceptors (Lipinski definition) is 6. The Balaban J connectivity index is 1.73. The standard InChI is InChI=1S/C28H40O6/c1-6-24(31)33-16-23(30)28(34-25(32)7-2)17(3)14-22-20-9-8-18-15-19(29)10-12-26(18,4)21(20)11-13-27(22,28)5/h11,17-18,20,22H,6-10,12-16H2,1-5H3/t17-,18+,20-,22+,26+,27+,28+/m1/s1. The maximum Gasteiger partial charge on any atom is 0.306 e. The van der Waals surface area contributed by atoms with E-state index in [0.29, 0.717) is 36.9 Å². The van der Waals surface area contributed by atoms with Crippen molar-refractivity contribution in [2.45, 2.75) is 98.0 Å². The number of rotatable bonds is 6. The average Bonchev–Trinajstić information content (AvgIpc) is 3.04. The molecule has 3 saturated carbocycles. The van der Waals surface area contributed by atoms with Crippen LogP contribution in [0.15, 0.2) is 11.6 Å². The minimum absolute atomic E-state index is 0.0351. The monoisotopic (exact) mass is 472 g/mol. The van der Waals surface area contributed by atoms with E-state index in [-0.39, 0.29) is 48.5 Å². The normalized spacial score (nSPS) is 41.0. The molecule has 0 saturated heterocycles. The van der Waals surface area contributed by atoms with Gasteiger partial charge in [0.25, 0.3) is 0 Å². The predicted molar refractivity (Wildman–Crippen MR) is 127 cm³/mol. The first-order valence-electron chi connectivity index (χ1n) is 13.2. The fourth-order valence-electron chi connectivity index (χ4n) is 8.12. The van der Waals surface area contributed by atoms with Crippen LogP contribution in [-0.2, 0) is 28.7 Å². The molecule has 188 valence electrons. The highest BCUT2D eigenvalue weighted by molar-refractivity contribution is 5.93. The van der Waals surface area contributed by atoms with E-state index in [1.54, 1.807) is 13.8 Å². The van der Waals surface area contributed by atoms with Crippen LogP contribution in [0.25, 0.3) is 0 Å². The summed E-state index contributed by atoms with van der Waals surface area (Å²) < 4.78 is 11.4. The summed E-state index contributed by atoms with van der Waals surface area (Å²) in [6.07, 6.45) is 8.40. The third-order valence-electron chi connectivity index (χ3n) is 10.0. The lowest BCUT2D eigenvalue weighted by atomic mass is 9.48. The van der Waals surface area contributed by atoms with E-state index >= 15 is 0 Å². The number of ketones is 2. The topological polar surface area (TPSA) is 86.7 Å². The Labute approximate surface area is 203 Å². The minimum Gasteiger partial charge on any atom is -0.457 e.